The van der Waals surface area contributed by atoms with Crippen molar-refractivity contribution in [2.75, 3.05) is 5.75 Å². The molecule has 0 amide bonds. The minimum absolute atomic E-state index is 0.302. The van der Waals surface area contributed by atoms with Gasteiger partial charge in [-0.05, 0) is 12.0 Å². The molecule has 1 fully saturated rings. The Morgan fingerprint density at radius 1 is 1.47 bits per heavy atom. The van der Waals surface area contributed by atoms with Crippen molar-refractivity contribution in [1.29, 1.82) is 0 Å². The van der Waals surface area contributed by atoms with Crippen LogP contribution in [0.3, 0.4) is 0 Å². The maximum Gasteiger partial charge on any atom is 0.325 e. The summed E-state index contributed by atoms with van der Waals surface area (Å²) >= 11 is 1.90. The van der Waals surface area contributed by atoms with Crippen molar-refractivity contribution in [2.45, 2.75) is 30.7 Å². The van der Waals surface area contributed by atoms with Gasteiger partial charge in [0.15, 0.2) is 0 Å². The number of carboxylic acids is 1. The molecule has 17 heavy (non-hydrogen) atoms. The highest BCUT2D eigenvalue weighted by Crippen LogP contribution is 2.27. The van der Waals surface area contributed by atoms with Crippen LogP contribution in [0.5, 0.6) is 0 Å². The predicted molar refractivity (Wildman–Crippen MR) is 70.3 cm³/mol. The summed E-state index contributed by atoms with van der Waals surface area (Å²) in [6.07, 6.45) is 1.04. The highest BCUT2D eigenvalue weighted by atomic mass is 32.2. The van der Waals surface area contributed by atoms with Crippen LogP contribution in [0.15, 0.2) is 30.3 Å². The van der Waals surface area contributed by atoms with Crippen molar-refractivity contribution in [3.8, 4) is 0 Å². The quantitative estimate of drug-likeness (QED) is 0.862. The fraction of sp³-hybridized carbons (Fsp3) is 0.462. The number of benzene rings is 1. The van der Waals surface area contributed by atoms with E-state index in [2.05, 4.69) is 12.2 Å². The lowest BCUT2D eigenvalue weighted by Gasteiger charge is -2.19. The van der Waals surface area contributed by atoms with E-state index in [1.165, 1.54) is 0 Å². The molecule has 1 aliphatic heterocycles. The number of rotatable bonds is 4. The highest BCUT2D eigenvalue weighted by molar-refractivity contribution is 8.00. The van der Waals surface area contributed by atoms with E-state index in [0.29, 0.717) is 11.3 Å². The zero-order valence-electron chi connectivity index (χ0n) is 9.80. The molecule has 1 aliphatic rings. The van der Waals surface area contributed by atoms with Crippen LogP contribution in [0.4, 0.5) is 0 Å². The van der Waals surface area contributed by atoms with Crippen LogP contribution in [0, 0.1) is 0 Å². The SMILES string of the molecule is CC1CC(NC(C(=O)O)c2ccccc2)CS1. The van der Waals surface area contributed by atoms with Crippen LogP contribution in [0.25, 0.3) is 0 Å². The van der Waals surface area contributed by atoms with Crippen molar-refractivity contribution in [2.24, 2.45) is 0 Å². The van der Waals surface area contributed by atoms with Crippen molar-refractivity contribution in [3.05, 3.63) is 35.9 Å². The maximum absolute atomic E-state index is 11.3. The molecule has 0 bridgehead atoms. The smallest absolute Gasteiger partial charge is 0.325 e. The molecule has 3 nitrogen and oxygen atoms in total. The third kappa shape index (κ3) is 3.23. The summed E-state index contributed by atoms with van der Waals surface area (Å²) in [5, 5.41) is 13.1. The molecule has 92 valence electrons. The van der Waals surface area contributed by atoms with Gasteiger partial charge in [-0.1, -0.05) is 37.3 Å². The highest BCUT2D eigenvalue weighted by Gasteiger charge is 2.27. The third-order valence-electron chi connectivity index (χ3n) is 2.98. The molecule has 4 heteroatoms. The Morgan fingerprint density at radius 2 is 2.18 bits per heavy atom. The fourth-order valence-electron chi connectivity index (χ4n) is 2.12. The first kappa shape index (κ1) is 12.5. The van der Waals surface area contributed by atoms with Gasteiger partial charge in [0.05, 0.1) is 0 Å². The molecule has 1 heterocycles. The number of nitrogens with one attached hydrogen (secondary N) is 1. The first-order valence-corrected chi connectivity index (χ1v) is 6.87. The van der Waals surface area contributed by atoms with E-state index in [9.17, 15) is 9.90 Å². The summed E-state index contributed by atoms with van der Waals surface area (Å²) in [7, 11) is 0. The lowest BCUT2D eigenvalue weighted by Crippen LogP contribution is -2.37. The molecule has 1 saturated heterocycles. The standard InChI is InChI=1S/C13H17NO2S/c1-9-7-11(8-17-9)14-12(13(15)16)10-5-3-2-4-6-10/h2-6,9,11-12,14H,7-8H2,1H3,(H,15,16). The average molecular weight is 251 g/mol. The number of hydrogen-bond donors (Lipinski definition) is 2. The van der Waals surface area contributed by atoms with Crippen LogP contribution < -0.4 is 5.32 Å². The molecule has 1 aromatic rings. The second kappa shape index (κ2) is 5.56. The second-order valence-corrected chi connectivity index (χ2v) is 5.90. The maximum atomic E-state index is 11.3. The Kier molecular flexibility index (Phi) is 4.07. The van der Waals surface area contributed by atoms with Gasteiger partial charge in [-0.15, -0.1) is 0 Å². The molecule has 0 aliphatic carbocycles. The topological polar surface area (TPSA) is 49.3 Å². The van der Waals surface area contributed by atoms with E-state index in [4.69, 9.17) is 0 Å². The second-order valence-electron chi connectivity index (χ2n) is 4.43. The Bertz CT molecular complexity index is 382. The van der Waals surface area contributed by atoms with E-state index in [1.807, 2.05) is 42.1 Å². The minimum Gasteiger partial charge on any atom is -0.480 e. The molecule has 3 unspecified atom stereocenters. The first-order chi connectivity index (χ1) is 8.16. The number of aliphatic carboxylic acids is 1. The van der Waals surface area contributed by atoms with Gasteiger partial charge in [-0.3, -0.25) is 10.1 Å². The summed E-state index contributed by atoms with van der Waals surface area (Å²) in [4.78, 5) is 11.3. The van der Waals surface area contributed by atoms with Gasteiger partial charge in [0, 0.05) is 17.0 Å². The Hall–Kier alpha value is -1.00. The van der Waals surface area contributed by atoms with Crippen LogP contribution in [-0.4, -0.2) is 28.1 Å². The number of thioether (sulfide) groups is 1. The van der Waals surface area contributed by atoms with E-state index in [-0.39, 0.29) is 0 Å². The third-order valence-corrected chi connectivity index (χ3v) is 4.34. The van der Waals surface area contributed by atoms with Gasteiger partial charge in [-0.25, -0.2) is 0 Å². The first-order valence-electron chi connectivity index (χ1n) is 5.82. The molecular formula is C13H17NO2S. The molecule has 1 aromatic carbocycles. The normalized spacial score (nSPS) is 25.7. The van der Waals surface area contributed by atoms with Crippen molar-refractivity contribution >= 4 is 17.7 Å². The van der Waals surface area contributed by atoms with E-state index < -0.39 is 12.0 Å². The van der Waals surface area contributed by atoms with Crippen LogP contribution in [-0.2, 0) is 4.79 Å². The lowest BCUT2D eigenvalue weighted by molar-refractivity contribution is -0.139. The van der Waals surface area contributed by atoms with Crippen molar-refractivity contribution in [3.63, 3.8) is 0 Å². The van der Waals surface area contributed by atoms with Gasteiger partial charge < -0.3 is 5.11 Å². The average Bonchev–Trinajstić information content (AvgIpc) is 2.73. The summed E-state index contributed by atoms with van der Waals surface area (Å²) in [5.74, 6) is 0.193. The Labute approximate surface area is 106 Å². The largest absolute Gasteiger partial charge is 0.480 e. The minimum atomic E-state index is -0.805. The lowest BCUT2D eigenvalue weighted by atomic mass is 10.1. The summed E-state index contributed by atoms with van der Waals surface area (Å²) < 4.78 is 0. The van der Waals surface area contributed by atoms with Gasteiger partial charge >= 0.3 is 5.97 Å². The molecular weight excluding hydrogens is 234 g/mol. The van der Waals surface area contributed by atoms with Crippen molar-refractivity contribution in [1.82, 2.24) is 5.32 Å². The summed E-state index contributed by atoms with van der Waals surface area (Å²) in [6.45, 7) is 2.19. The number of carbonyl (C=O) groups is 1. The van der Waals surface area contributed by atoms with Gasteiger partial charge in [0.1, 0.15) is 6.04 Å². The van der Waals surface area contributed by atoms with Crippen molar-refractivity contribution < 1.29 is 9.90 Å². The summed E-state index contributed by atoms with van der Waals surface area (Å²) in [5.41, 5.74) is 0.824. The van der Waals surface area contributed by atoms with Crippen LogP contribution >= 0.6 is 11.8 Å². The van der Waals surface area contributed by atoms with Gasteiger partial charge in [0.25, 0.3) is 0 Å². The summed E-state index contributed by atoms with van der Waals surface area (Å²) in [6, 6.07) is 9.08. The fourth-order valence-corrected chi connectivity index (χ4v) is 3.29. The number of hydrogen-bond acceptors (Lipinski definition) is 3. The van der Waals surface area contributed by atoms with Crippen LogP contribution in [0.2, 0.25) is 0 Å². The van der Waals surface area contributed by atoms with Gasteiger partial charge in [-0.2, -0.15) is 11.8 Å². The van der Waals surface area contributed by atoms with Crippen LogP contribution in [0.1, 0.15) is 24.9 Å². The monoisotopic (exact) mass is 251 g/mol. The Balaban J connectivity index is 2.06. The zero-order chi connectivity index (χ0) is 12.3. The molecule has 0 aromatic heterocycles. The molecule has 0 radical (unpaired) electrons. The molecule has 0 saturated carbocycles. The molecule has 0 spiro atoms. The molecule has 2 rings (SSSR count). The predicted octanol–water partition coefficient (Wildman–Crippen LogP) is 2.30. The Morgan fingerprint density at radius 3 is 2.71 bits per heavy atom. The molecule has 3 atom stereocenters. The van der Waals surface area contributed by atoms with E-state index in [1.54, 1.807) is 0 Å². The zero-order valence-corrected chi connectivity index (χ0v) is 10.6. The number of carboxylic acid groups (broad SMARTS) is 1. The molecule has 2 N–H and O–H groups in total. The van der Waals surface area contributed by atoms with E-state index in [0.717, 1.165) is 17.7 Å². The van der Waals surface area contributed by atoms with Gasteiger partial charge in [0.2, 0.25) is 0 Å². The van der Waals surface area contributed by atoms with E-state index >= 15 is 0 Å².